The number of carbonyl (C=O) groups is 1. The van der Waals surface area contributed by atoms with E-state index in [2.05, 4.69) is 10.3 Å². The fourth-order valence-corrected chi connectivity index (χ4v) is 2.25. The van der Waals surface area contributed by atoms with Crippen molar-refractivity contribution >= 4 is 11.8 Å². The van der Waals surface area contributed by atoms with Crippen LogP contribution in [0, 0.1) is 6.92 Å². The molecule has 1 aromatic carbocycles. The van der Waals surface area contributed by atoms with E-state index in [-0.39, 0.29) is 18.4 Å². The van der Waals surface area contributed by atoms with Gasteiger partial charge in [0.25, 0.3) is 5.56 Å². The fourth-order valence-electron chi connectivity index (χ4n) is 2.25. The summed E-state index contributed by atoms with van der Waals surface area (Å²) < 4.78 is 1.20. The van der Waals surface area contributed by atoms with Gasteiger partial charge >= 0.3 is 5.97 Å². The molecule has 0 radical (unpaired) electrons. The molecule has 6 nitrogen and oxygen atoms in total. The number of aliphatic carboxylic acids is 1. The molecule has 1 heterocycles. The molecule has 6 heteroatoms. The lowest BCUT2D eigenvalue weighted by Gasteiger charge is -2.16. The van der Waals surface area contributed by atoms with Crippen LogP contribution in [0.1, 0.15) is 18.2 Å². The molecule has 0 saturated carbocycles. The first-order chi connectivity index (χ1) is 10.5. The minimum Gasteiger partial charge on any atom is -0.480 e. The predicted molar refractivity (Wildman–Crippen MR) is 84.1 cm³/mol. The van der Waals surface area contributed by atoms with Gasteiger partial charge in [0, 0.05) is 17.9 Å². The van der Waals surface area contributed by atoms with E-state index < -0.39 is 11.5 Å². The molecule has 0 spiro atoms. The van der Waals surface area contributed by atoms with Crippen LogP contribution < -0.4 is 10.9 Å². The van der Waals surface area contributed by atoms with Crippen molar-refractivity contribution in [3.8, 4) is 0 Å². The average molecular weight is 301 g/mol. The Morgan fingerprint density at radius 2 is 2.05 bits per heavy atom. The Hall–Kier alpha value is -2.63. The number of hydrogen-bond acceptors (Lipinski definition) is 4. The Bertz CT molecular complexity index is 710. The van der Waals surface area contributed by atoms with Gasteiger partial charge in [-0.2, -0.15) is 0 Å². The average Bonchev–Trinajstić information content (AvgIpc) is 2.47. The van der Waals surface area contributed by atoms with Crippen LogP contribution in [0.2, 0.25) is 0 Å². The first kappa shape index (κ1) is 15.8. The van der Waals surface area contributed by atoms with Gasteiger partial charge in [0.05, 0.1) is 0 Å². The number of nitrogens with zero attached hydrogens (tertiary/aromatic N) is 2. The van der Waals surface area contributed by atoms with Crippen molar-refractivity contribution in [3.05, 3.63) is 58.1 Å². The molecular weight excluding hydrogens is 282 g/mol. The maximum Gasteiger partial charge on any atom is 0.323 e. The Morgan fingerprint density at radius 3 is 2.68 bits per heavy atom. The number of nitrogens with one attached hydrogen (secondary N) is 1. The van der Waals surface area contributed by atoms with E-state index in [9.17, 15) is 9.59 Å². The Morgan fingerprint density at radius 1 is 1.36 bits per heavy atom. The highest BCUT2D eigenvalue weighted by molar-refractivity contribution is 5.66. The molecule has 0 saturated heterocycles. The highest BCUT2D eigenvalue weighted by Crippen LogP contribution is 2.07. The second-order valence-electron chi connectivity index (χ2n) is 5.27. The molecule has 0 bridgehead atoms. The molecular formula is C16H19N3O3. The standard InChI is InChI=1S/C16H19N3O3/c1-11(8-13-6-4-3-5-7-13)18-15-16(22)19(10-14(20)21)12(2)9-17-15/h3-7,9,11H,8,10H2,1-2H3,(H,17,18)(H,20,21)/t11-/m0/s1. The van der Waals surface area contributed by atoms with Gasteiger partial charge in [0.2, 0.25) is 0 Å². The van der Waals surface area contributed by atoms with Crippen molar-refractivity contribution in [1.29, 1.82) is 0 Å². The van der Waals surface area contributed by atoms with Gasteiger partial charge in [0.1, 0.15) is 6.54 Å². The van der Waals surface area contributed by atoms with E-state index in [0.29, 0.717) is 5.69 Å². The summed E-state index contributed by atoms with van der Waals surface area (Å²) in [6, 6.07) is 9.92. The number of rotatable bonds is 6. The van der Waals surface area contributed by atoms with Crippen molar-refractivity contribution < 1.29 is 9.90 Å². The smallest absolute Gasteiger partial charge is 0.323 e. The van der Waals surface area contributed by atoms with Crippen molar-refractivity contribution in [2.24, 2.45) is 0 Å². The van der Waals surface area contributed by atoms with Crippen LogP contribution in [-0.4, -0.2) is 26.7 Å². The molecule has 0 fully saturated rings. The van der Waals surface area contributed by atoms with Crippen LogP contribution in [0.25, 0.3) is 0 Å². The van der Waals surface area contributed by atoms with Crippen LogP contribution in [0.3, 0.4) is 0 Å². The van der Waals surface area contributed by atoms with Crippen LogP contribution >= 0.6 is 0 Å². The number of benzene rings is 1. The van der Waals surface area contributed by atoms with E-state index in [4.69, 9.17) is 5.11 Å². The quantitative estimate of drug-likeness (QED) is 0.848. The van der Waals surface area contributed by atoms with Crippen LogP contribution in [-0.2, 0) is 17.8 Å². The maximum absolute atomic E-state index is 12.3. The summed E-state index contributed by atoms with van der Waals surface area (Å²) in [5.74, 6) is -0.880. The molecule has 0 aliphatic rings. The first-order valence-corrected chi connectivity index (χ1v) is 7.06. The van der Waals surface area contributed by atoms with Crippen LogP contribution in [0.15, 0.2) is 41.3 Å². The zero-order valence-electron chi connectivity index (χ0n) is 12.6. The third-order valence-corrected chi connectivity index (χ3v) is 3.32. The lowest BCUT2D eigenvalue weighted by molar-refractivity contribution is -0.137. The molecule has 2 aromatic rings. The molecule has 0 aliphatic heterocycles. The minimum atomic E-state index is -1.06. The van der Waals surface area contributed by atoms with Crippen molar-refractivity contribution in [2.75, 3.05) is 5.32 Å². The molecule has 1 atom stereocenters. The number of hydrogen-bond donors (Lipinski definition) is 2. The highest BCUT2D eigenvalue weighted by atomic mass is 16.4. The second-order valence-corrected chi connectivity index (χ2v) is 5.27. The van der Waals surface area contributed by atoms with E-state index in [1.165, 1.54) is 10.8 Å². The van der Waals surface area contributed by atoms with Gasteiger partial charge in [-0.25, -0.2) is 4.98 Å². The largest absolute Gasteiger partial charge is 0.480 e. The Labute approximate surface area is 128 Å². The normalized spacial score (nSPS) is 11.9. The van der Waals surface area contributed by atoms with E-state index in [1.54, 1.807) is 6.92 Å². The fraction of sp³-hybridized carbons (Fsp3) is 0.312. The third-order valence-electron chi connectivity index (χ3n) is 3.32. The number of aryl methyl sites for hydroxylation is 1. The van der Waals surface area contributed by atoms with E-state index >= 15 is 0 Å². The zero-order chi connectivity index (χ0) is 16.1. The van der Waals surface area contributed by atoms with E-state index in [1.807, 2.05) is 37.3 Å². The summed E-state index contributed by atoms with van der Waals surface area (Å²) in [7, 11) is 0. The Balaban J connectivity index is 2.16. The van der Waals surface area contributed by atoms with Crippen molar-refractivity contribution in [2.45, 2.75) is 32.9 Å². The summed E-state index contributed by atoms with van der Waals surface area (Å²) in [6.45, 7) is 3.25. The van der Waals surface area contributed by atoms with Crippen LogP contribution in [0.4, 0.5) is 5.82 Å². The Kier molecular flexibility index (Phi) is 4.93. The number of carboxylic acids is 1. The van der Waals surface area contributed by atoms with Crippen molar-refractivity contribution in [1.82, 2.24) is 9.55 Å². The molecule has 1 aromatic heterocycles. The molecule has 0 amide bonds. The van der Waals surface area contributed by atoms with Gasteiger partial charge in [0.15, 0.2) is 5.82 Å². The molecule has 0 aliphatic carbocycles. The van der Waals surface area contributed by atoms with Crippen molar-refractivity contribution in [3.63, 3.8) is 0 Å². The van der Waals surface area contributed by atoms with Gasteiger partial charge in [-0.15, -0.1) is 0 Å². The topological polar surface area (TPSA) is 84.2 Å². The third kappa shape index (κ3) is 3.94. The van der Waals surface area contributed by atoms with Gasteiger partial charge in [-0.1, -0.05) is 30.3 Å². The van der Waals surface area contributed by atoms with E-state index in [0.717, 1.165) is 12.0 Å². The monoisotopic (exact) mass is 301 g/mol. The summed E-state index contributed by atoms with van der Waals surface area (Å²) in [5.41, 5.74) is 1.26. The molecule has 22 heavy (non-hydrogen) atoms. The lowest BCUT2D eigenvalue weighted by atomic mass is 10.1. The van der Waals surface area contributed by atoms with Crippen LogP contribution in [0.5, 0.6) is 0 Å². The zero-order valence-corrected chi connectivity index (χ0v) is 12.6. The molecule has 0 unspecified atom stereocenters. The number of anilines is 1. The number of carboxylic acid groups (broad SMARTS) is 1. The minimum absolute atomic E-state index is 0.00332. The SMILES string of the molecule is Cc1cnc(N[C@@H](C)Cc2ccccc2)c(=O)n1CC(=O)O. The number of aromatic nitrogens is 2. The highest BCUT2D eigenvalue weighted by Gasteiger charge is 2.12. The van der Waals surface area contributed by atoms with Gasteiger partial charge < -0.3 is 10.4 Å². The second kappa shape index (κ2) is 6.89. The molecule has 116 valence electrons. The first-order valence-electron chi connectivity index (χ1n) is 7.06. The molecule has 2 N–H and O–H groups in total. The maximum atomic E-state index is 12.3. The van der Waals surface area contributed by atoms with Gasteiger partial charge in [-0.05, 0) is 25.8 Å². The molecule has 2 rings (SSSR count). The predicted octanol–water partition coefficient (Wildman–Crippen LogP) is 1.68. The summed E-state index contributed by atoms with van der Waals surface area (Å²) in [4.78, 5) is 27.2. The van der Waals surface area contributed by atoms with Gasteiger partial charge in [-0.3, -0.25) is 14.2 Å². The summed E-state index contributed by atoms with van der Waals surface area (Å²) >= 11 is 0. The summed E-state index contributed by atoms with van der Waals surface area (Å²) in [5, 5.41) is 11.9. The lowest BCUT2D eigenvalue weighted by Crippen LogP contribution is -2.32. The summed E-state index contributed by atoms with van der Waals surface area (Å²) in [6.07, 6.45) is 2.25.